The van der Waals surface area contributed by atoms with E-state index in [-0.39, 0.29) is 17.5 Å². The summed E-state index contributed by atoms with van der Waals surface area (Å²) >= 11 is 3.46. The molecule has 0 aliphatic rings. The van der Waals surface area contributed by atoms with E-state index >= 15 is 0 Å². The van der Waals surface area contributed by atoms with Crippen LogP contribution < -0.4 is 10.6 Å². The molecule has 1 aromatic rings. The van der Waals surface area contributed by atoms with E-state index in [0.29, 0.717) is 5.82 Å². The number of aromatic nitrogens is 1. The molecule has 0 fully saturated rings. The number of hydrogen-bond acceptors (Lipinski definition) is 3. The molecule has 1 unspecified atom stereocenters. The molecule has 1 amide bonds. The lowest BCUT2D eigenvalue weighted by Gasteiger charge is -2.24. The SMILES string of the molecule is Cc1ccnc(NC(C)C(=O)NC(C)(C)C)c1Br. The molecule has 100 valence electrons. The molecule has 0 bridgehead atoms. The molecule has 0 radical (unpaired) electrons. The van der Waals surface area contributed by atoms with Gasteiger partial charge in [-0.15, -0.1) is 0 Å². The summed E-state index contributed by atoms with van der Waals surface area (Å²) in [6, 6.07) is 1.57. The summed E-state index contributed by atoms with van der Waals surface area (Å²) in [5, 5.41) is 6.03. The van der Waals surface area contributed by atoms with Crippen molar-refractivity contribution in [3.8, 4) is 0 Å². The lowest BCUT2D eigenvalue weighted by atomic mass is 10.1. The zero-order valence-electron chi connectivity index (χ0n) is 11.5. The molecule has 0 aliphatic heterocycles. The van der Waals surface area contributed by atoms with Gasteiger partial charge in [-0.1, -0.05) is 0 Å². The van der Waals surface area contributed by atoms with Crippen molar-refractivity contribution < 1.29 is 4.79 Å². The number of anilines is 1. The van der Waals surface area contributed by atoms with E-state index in [1.807, 2.05) is 40.7 Å². The number of nitrogens with one attached hydrogen (secondary N) is 2. The number of aryl methyl sites for hydroxylation is 1. The molecule has 0 saturated heterocycles. The first kappa shape index (κ1) is 15.0. The molecule has 1 heterocycles. The van der Waals surface area contributed by atoms with E-state index in [2.05, 4.69) is 31.5 Å². The normalized spacial score (nSPS) is 13.0. The Labute approximate surface area is 117 Å². The highest BCUT2D eigenvalue weighted by molar-refractivity contribution is 9.10. The van der Waals surface area contributed by atoms with Crippen molar-refractivity contribution in [3.63, 3.8) is 0 Å². The van der Waals surface area contributed by atoms with E-state index in [0.717, 1.165) is 10.0 Å². The van der Waals surface area contributed by atoms with E-state index in [1.165, 1.54) is 0 Å². The number of pyridine rings is 1. The van der Waals surface area contributed by atoms with Gasteiger partial charge in [0.15, 0.2) is 0 Å². The van der Waals surface area contributed by atoms with Gasteiger partial charge in [0.2, 0.25) is 5.91 Å². The van der Waals surface area contributed by atoms with E-state index in [9.17, 15) is 4.79 Å². The fourth-order valence-electron chi connectivity index (χ4n) is 1.39. The van der Waals surface area contributed by atoms with Crippen molar-refractivity contribution in [2.45, 2.75) is 46.2 Å². The van der Waals surface area contributed by atoms with Crippen LogP contribution in [0.4, 0.5) is 5.82 Å². The van der Waals surface area contributed by atoms with Gasteiger partial charge in [0, 0.05) is 11.7 Å². The van der Waals surface area contributed by atoms with Gasteiger partial charge < -0.3 is 10.6 Å². The average molecular weight is 314 g/mol. The first-order valence-corrected chi connectivity index (χ1v) is 6.69. The third-order valence-electron chi connectivity index (χ3n) is 2.33. The molecule has 18 heavy (non-hydrogen) atoms. The van der Waals surface area contributed by atoms with Crippen LogP contribution in [0.2, 0.25) is 0 Å². The van der Waals surface area contributed by atoms with E-state index < -0.39 is 0 Å². The fraction of sp³-hybridized carbons (Fsp3) is 0.538. The van der Waals surface area contributed by atoms with Crippen LogP contribution in [0.15, 0.2) is 16.7 Å². The molecule has 1 atom stereocenters. The van der Waals surface area contributed by atoms with Crippen molar-refractivity contribution in [1.29, 1.82) is 0 Å². The van der Waals surface area contributed by atoms with Crippen molar-refractivity contribution in [2.75, 3.05) is 5.32 Å². The molecule has 5 heteroatoms. The largest absolute Gasteiger partial charge is 0.358 e. The number of nitrogens with zero attached hydrogens (tertiary/aromatic N) is 1. The third-order valence-corrected chi connectivity index (χ3v) is 3.33. The zero-order chi connectivity index (χ0) is 13.9. The maximum absolute atomic E-state index is 11.9. The summed E-state index contributed by atoms with van der Waals surface area (Å²) < 4.78 is 0.889. The predicted octanol–water partition coefficient (Wildman–Crippen LogP) is 2.87. The molecule has 1 aromatic heterocycles. The van der Waals surface area contributed by atoms with Crippen LogP contribution in [0.5, 0.6) is 0 Å². The van der Waals surface area contributed by atoms with Gasteiger partial charge in [-0.3, -0.25) is 4.79 Å². The Hall–Kier alpha value is -1.10. The van der Waals surface area contributed by atoms with E-state index in [4.69, 9.17) is 0 Å². The molecule has 0 saturated carbocycles. The number of carbonyl (C=O) groups is 1. The smallest absolute Gasteiger partial charge is 0.242 e. The lowest BCUT2D eigenvalue weighted by Crippen LogP contribution is -2.47. The second-order valence-corrected chi connectivity index (χ2v) is 6.19. The van der Waals surface area contributed by atoms with Crippen LogP contribution in [0.1, 0.15) is 33.3 Å². The summed E-state index contributed by atoms with van der Waals surface area (Å²) in [4.78, 5) is 16.2. The number of amides is 1. The number of halogens is 1. The summed E-state index contributed by atoms with van der Waals surface area (Å²) in [6.45, 7) is 9.67. The second-order valence-electron chi connectivity index (χ2n) is 5.40. The van der Waals surface area contributed by atoms with Crippen molar-refractivity contribution >= 4 is 27.7 Å². The maximum atomic E-state index is 11.9. The Morgan fingerprint density at radius 2 is 2.06 bits per heavy atom. The van der Waals surface area contributed by atoms with Gasteiger partial charge in [0.05, 0.1) is 4.47 Å². The van der Waals surface area contributed by atoms with Gasteiger partial charge in [0.25, 0.3) is 0 Å². The molecule has 2 N–H and O–H groups in total. The average Bonchev–Trinajstić information content (AvgIpc) is 2.22. The van der Waals surface area contributed by atoms with Crippen LogP contribution in [0, 0.1) is 6.92 Å². The van der Waals surface area contributed by atoms with Crippen LogP contribution in [-0.2, 0) is 4.79 Å². The topological polar surface area (TPSA) is 54.0 Å². The minimum Gasteiger partial charge on any atom is -0.358 e. The van der Waals surface area contributed by atoms with Crippen molar-refractivity contribution in [3.05, 3.63) is 22.3 Å². The van der Waals surface area contributed by atoms with Gasteiger partial charge in [-0.2, -0.15) is 0 Å². The molecule has 1 rings (SSSR count). The monoisotopic (exact) mass is 313 g/mol. The zero-order valence-corrected chi connectivity index (χ0v) is 13.1. The van der Waals surface area contributed by atoms with Gasteiger partial charge >= 0.3 is 0 Å². The maximum Gasteiger partial charge on any atom is 0.242 e. The minimum absolute atomic E-state index is 0.0438. The van der Waals surface area contributed by atoms with Gasteiger partial charge in [0.1, 0.15) is 11.9 Å². The van der Waals surface area contributed by atoms with Crippen LogP contribution in [0.25, 0.3) is 0 Å². The fourth-order valence-corrected chi connectivity index (χ4v) is 1.74. The Balaban J connectivity index is 2.73. The second kappa shape index (κ2) is 5.69. The summed E-state index contributed by atoms with van der Waals surface area (Å²) in [6.07, 6.45) is 1.72. The lowest BCUT2D eigenvalue weighted by molar-refractivity contribution is -0.122. The molecular weight excluding hydrogens is 294 g/mol. The highest BCUT2D eigenvalue weighted by Crippen LogP contribution is 2.23. The van der Waals surface area contributed by atoms with E-state index in [1.54, 1.807) is 6.20 Å². The van der Waals surface area contributed by atoms with Gasteiger partial charge in [-0.05, 0) is 62.2 Å². The number of hydrogen-bond donors (Lipinski definition) is 2. The Bertz CT molecular complexity index is 440. The molecule has 0 aliphatic carbocycles. The van der Waals surface area contributed by atoms with Crippen molar-refractivity contribution in [2.24, 2.45) is 0 Å². The molecule has 0 spiro atoms. The summed E-state index contributed by atoms with van der Waals surface area (Å²) in [7, 11) is 0. The quantitative estimate of drug-likeness (QED) is 0.902. The highest BCUT2D eigenvalue weighted by Gasteiger charge is 2.20. The van der Waals surface area contributed by atoms with Crippen LogP contribution >= 0.6 is 15.9 Å². The Morgan fingerprint density at radius 1 is 1.44 bits per heavy atom. The third kappa shape index (κ3) is 4.29. The first-order valence-electron chi connectivity index (χ1n) is 5.90. The first-order chi connectivity index (χ1) is 8.20. The standard InChI is InChI=1S/C13H20BrN3O/c1-8-6-7-15-11(10(8)14)16-9(2)12(18)17-13(3,4)5/h6-7,9H,1-5H3,(H,15,16)(H,17,18). The van der Waals surface area contributed by atoms with Crippen molar-refractivity contribution in [1.82, 2.24) is 10.3 Å². The highest BCUT2D eigenvalue weighted by atomic mass is 79.9. The Morgan fingerprint density at radius 3 is 2.61 bits per heavy atom. The van der Waals surface area contributed by atoms with Crippen LogP contribution in [0.3, 0.4) is 0 Å². The van der Waals surface area contributed by atoms with Gasteiger partial charge in [-0.25, -0.2) is 4.98 Å². The summed E-state index contributed by atoms with van der Waals surface area (Å²) in [5.41, 5.74) is 0.848. The number of carbonyl (C=O) groups excluding carboxylic acids is 1. The van der Waals surface area contributed by atoms with Crippen LogP contribution in [-0.4, -0.2) is 22.5 Å². The minimum atomic E-state index is -0.338. The number of rotatable bonds is 3. The predicted molar refractivity (Wildman–Crippen MR) is 77.7 cm³/mol. The Kier molecular flexibility index (Phi) is 4.73. The molecular formula is C13H20BrN3O. The molecule has 0 aromatic carbocycles. The molecule has 4 nitrogen and oxygen atoms in total. The summed E-state index contributed by atoms with van der Waals surface area (Å²) in [5.74, 6) is 0.643.